The minimum absolute atomic E-state index is 0.313. The number of halogens is 6. The third-order valence-corrected chi connectivity index (χ3v) is 0.661. The van der Waals surface area contributed by atoms with Crippen LogP contribution in [0.15, 0.2) is 17.6 Å². The molecule has 0 radical (unpaired) electrons. The summed E-state index contributed by atoms with van der Waals surface area (Å²) in [5.74, 6) is -5.63. The molecule has 0 fully saturated rings. The fraction of sp³-hybridized carbons (Fsp3) is 0.200. The van der Waals surface area contributed by atoms with Crippen molar-refractivity contribution in [2.75, 3.05) is 0 Å². The number of alkyl halides is 3. The third kappa shape index (κ3) is 3.25. The van der Waals surface area contributed by atoms with Gasteiger partial charge in [-0.15, -0.1) is 0 Å². The van der Waals surface area contributed by atoms with E-state index >= 15 is 0 Å². The van der Waals surface area contributed by atoms with Gasteiger partial charge in [-0.3, -0.25) is 4.79 Å². The Hall–Kier alpha value is -1.23. The first-order valence-electron chi connectivity index (χ1n) is 2.34. The van der Waals surface area contributed by atoms with E-state index in [1.54, 1.807) is 0 Å². The van der Waals surface area contributed by atoms with Crippen LogP contribution in [0.5, 0.6) is 0 Å². The highest BCUT2D eigenvalue weighted by atomic mass is 19.4. The molecule has 0 saturated heterocycles. The van der Waals surface area contributed by atoms with Crippen molar-refractivity contribution in [2.24, 2.45) is 0 Å². The molecule has 0 amide bonds. The number of hydrogen-bond acceptors (Lipinski definition) is 1. The van der Waals surface area contributed by atoms with Crippen LogP contribution in [0.4, 0.5) is 26.3 Å². The van der Waals surface area contributed by atoms with Gasteiger partial charge in [-0.1, -0.05) is 0 Å². The smallest absolute Gasteiger partial charge is 0.281 e. The SMILES string of the molecule is O=C(C(F)=C=C(F)F)C(F)(F)F. The number of ketones is 1. The second-order valence-corrected chi connectivity index (χ2v) is 1.53. The number of carbonyl (C=O) groups is 1. The quantitative estimate of drug-likeness (QED) is 0.352. The second-order valence-electron chi connectivity index (χ2n) is 1.53. The number of hydrogen-bond donors (Lipinski definition) is 0. The molecule has 0 aliphatic heterocycles. The fourth-order valence-corrected chi connectivity index (χ4v) is 0.264. The maximum atomic E-state index is 11.8. The van der Waals surface area contributed by atoms with E-state index in [-0.39, 0.29) is 0 Å². The summed E-state index contributed by atoms with van der Waals surface area (Å²) in [4.78, 5) is 9.75. The Labute approximate surface area is 62.0 Å². The summed E-state index contributed by atoms with van der Waals surface area (Å²) in [6.45, 7) is 0. The van der Waals surface area contributed by atoms with E-state index < -0.39 is 23.9 Å². The van der Waals surface area contributed by atoms with Crippen LogP contribution < -0.4 is 0 Å². The molecule has 0 spiro atoms. The van der Waals surface area contributed by atoms with E-state index in [0.29, 0.717) is 5.73 Å². The molecule has 1 nitrogen and oxygen atoms in total. The molecule has 7 heteroatoms. The zero-order chi connectivity index (χ0) is 9.94. The van der Waals surface area contributed by atoms with Gasteiger partial charge in [0.15, 0.2) is 0 Å². The summed E-state index contributed by atoms with van der Waals surface area (Å²) >= 11 is 0. The van der Waals surface area contributed by atoms with E-state index in [1.165, 1.54) is 0 Å². The van der Waals surface area contributed by atoms with Crippen LogP contribution in [0.3, 0.4) is 0 Å². The molecule has 0 N–H and O–H groups in total. The Kier molecular flexibility index (Phi) is 3.09. The minimum Gasteiger partial charge on any atom is -0.281 e. The van der Waals surface area contributed by atoms with Crippen molar-refractivity contribution in [2.45, 2.75) is 6.18 Å². The maximum absolute atomic E-state index is 11.8. The predicted octanol–water partition coefficient (Wildman–Crippen LogP) is 2.35. The summed E-state index contributed by atoms with van der Waals surface area (Å²) in [7, 11) is 0. The maximum Gasteiger partial charge on any atom is 0.458 e. The van der Waals surface area contributed by atoms with Gasteiger partial charge in [0.25, 0.3) is 0 Å². The predicted molar refractivity (Wildman–Crippen MR) is 24.9 cm³/mol. The van der Waals surface area contributed by atoms with Crippen molar-refractivity contribution >= 4 is 5.78 Å². The third-order valence-electron chi connectivity index (χ3n) is 0.661. The Balaban J connectivity index is 4.89. The van der Waals surface area contributed by atoms with Crippen molar-refractivity contribution in [1.29, 1.82) is 0 Å². The summed E-state index contributed by atoms with van der Waals surface area (Å²) in [6, 6.07) is 0. The van der Waals surface area contributed by atoms with E-state index in [2.05, 4.69) is 0 Å². The number of rotatable bonds is 1. The normalized spacial score (nSPS) is 10.5. The molecule has 0 aliphatic carbocycles. The molecule has 0 aromatic carbocycles. The van der Waals surface area contributed by atoms with Crippen molar-refractivity contribution < 1.29 is 31.1 Å². The van der Waals surface area contributed by atoms with Crippen LogP contribution in [0.25, 0.3) is 0 Å². The molecular weight excluding hydrogens is 190 g/mol. The van der Waals surface area contributed by atoms with Crippen LogP contribution in [0.1, 0.15) is 0 Å². The number of allylic oxidation sites excluding steroid dienone is 1. The van der Waals surface area contributed by atoms with Crippen molar-refractivity contribution in [3.05, 3.63) is 17.6 Å². The largest absolute Gasteiger partial charge is 0.458 e. The second kappa shape index (κ2) is 3.44. The van der Waals surface area contributed by atoms with Gasteiger partial charge in [0.1, 0.15) is 0 Å². The Morgan fingerprint density at radius 3 is 1.75 bits per heavy atom. The van der Waals surface area contributed by atoms with Crippen molar-refractivity contribution in [3.63, 3.8) is 0 Å². The molecular formula is C5F6O. The van der Waals surface area contributed by atoms with Gasteiger partial charge in [0.2, 0.25) is 5.83 Å². The molecule has 0 heterocycles. The first kappa shape index (κ1) is 10.8. The van der Waals surface area contributed by atoms with E-state index in [9.17, 15) is 31.1 Å². The first-order valence-corrected chi connectivity index (χ1v) is 2.34. The Bertz CT molecular complexity index is 252. The molecule has 0 aliphatic rings. The van der Waals surface area contributed by atoms with E-state index in [1.807, 2.05) is 0 Å². The van der Waals surface area contributed by atoms with Crippen molar-refractivity contribution in [3.8, 4) is 0 Å². The zero-order valence-electron chi connectivity index (χ0n) is 5.18. The molecule has 0 atom stereocenters. The number of Topliss-reactive ketones (excluding diaryl/α,β-unsaturated/α-hetero) is 1. The van der Waals surface area contributed by atoms with Gasteiger partial charge < -0.3 is 0 Å². The van der Waals surface area contributed by atoms with E-state index in [4.69, 9.17) is 0 Å². The molecule has 0 aromatic rings. The van der Waals surface area contributed by atoms with E-state index in [0.717, 1.165) is 0 Å². The van der Waals surface area contributed by atoms with Crippen LogP contribution >= 0.6 is 0 Å². The van der Waals surface area contributed by atoms with Gasteiger partial charge in [0.05, 0.1) is 0 Å². The molecule has 0 bridgehead atoms. The van der Waals surface area contributed by atoms with Crippen LogP contribution in [-0.2, 0) is 4.79 Å². The van der Waals surface area contributed by atoms with Crippen LogP contribution in [0.2, 0.25) is 0 Å². The standard InChI is InChI=1S/C5F6O/c6-2(1-3(7)8)4(12)5(9,10)11. The lowest BCUT2D eigenvalue weighted by Gasteiger charge is -1.99. The molecule has 12 heavy (non-hydrogen) atoms. The summed E-state index contributed by atoms with van der Waals surface area (Å²) in [5.41, 5.74) is 0.313. The lowest BCUT2D eigenvalue weighted by molar-refractivity contribution is -0.168. The average molecular weight is 190 g/mol. The zero-order valence-corrected chi connectivity index (χ0v) is 5.18. The summed E-state index contributed by atoms with van der Waals surface area (Å²) < 4.78 is 67.6. The topological polar surface area (TPSA) is 17.1 Å². The average Bonchev–Trinajstić information content (AvgIpc) is 1.82. The van der Waals surface area contributed by atoms with Crippen LogP contribution in [0, 0.1) is 0 Å². The van der Waals surface area contributed by atoms with Gasteiger partial charge in [-0.2, -0.15) is 26.3 Å². The lowest BCUT2D eigenvalue weighted by atomic mass is 10.3. The Morgan fingerprint density at radius 1 is 1.08 bits per heavy atom. The van der Waals surface area contributed by atoms with Gasteiger partial charge >= 0.3 is 18.0 Å². The molecule has 0 rings (SSSR count). The summed E-state index contributed by atoms with van der Waals surface area (Å²) in [5, 5.41) is 0. The van der Waals surface area contributed by atoms with Crippen molar-refractivity contribution in [1.82, 2.24) is 0 Å². The summed E-state index contributed by atoms with van der Waals surface area (Å²) in [6.07, 6.45) is -8.32. The molecule has 0 aromatic heterocycles. The highest BCUT2D eigenvalue weighted by Gasteiger charge is 2.41. The highest BCUT2D eigenvalue weighted by Crippen LogP contribution is 2.20. The first-order chi connectivity index (χ1) is 5.25. The molecule has 0 unspecified atom stereocenters. The molecule has 68 valence electrons. The Morgan fingerprint density at radius 2 is 1.50 bits per heavy atom. The number of carbonyl (C=O) groups excluding carboxylic acids is 1. The highest BCUT2D eigenvalue weighted by molar-refractivity contribution is 5.97. The fourth-order valence-electron chi connectivity index (χ4n) is 0.264. The molecule has 0 saturated carbocycles. The minimum atomic E-state index is -5.49. The monoisotopic (exact) mass is 190 g/mol. The lowest BCUT2D eigenvalue weighted by Crippen LogP contribution is -2.22. The van der Waals surface area contributed by atoms with Gasteiger partial charge in [0, 0.05) is 0 Å². The van der Waals surface area contributed by atoms with Gasteiger partial charge in [-0.25, -0.2) is 0 Å². The van der Waals surface area contributed by atoms with Crippen LogP contribution in [-0.4, -0.2) is 12.0 Å². The van der Waals surface area contributed by atoms with Gasteiger partial charge in [-0.05, 0) is 5.73 Å².